The molecule has 3 aromatic rings. The van der Waals surface area contributed by atoms with E-state index < -0.39 is 11.6 Å². The van der Waals surface area contributed by atoms with Crippen LogP contribution in [0.5, 0.6) is 0 Å². The van der Waals surface area contributed by atoms with Gasteiger partial charge in [-0.05, 0) is 12.1 Å². The van der Waals surface area contributed by atoms with Gasteiger partial charge in [0.25, 0.3) is 0 Å². The van der Waals surface area contributed by atoms with E-state index in [0.29, 0.717) is 5.13 Å². The maximum absolute atomic E-state index is 13.4. The number of nitrogens with zero attached hydrogens (tertiary/aromatic N) is 2. The Balaban J connectivity index is 1.72. The quantitative estimate of drug-likeness (QED) is 0.567. The van der Waals surface area contributed by atoms with Crippen LogP contribution in [0.15, 0.2) is 59.0 Å². The molecular weight excluding hydrogens is 304 g/mol. The fraction of sp³-hybridized carbons (Fsp3) is 0. The molecule has 3 rings (SSSR count). The van der Waals surface area contributed by atoms with E-state index in [1.165, 1.54) is 29.5 Å². The van der Waals surface area contributed by atoms with Gasteiger partial charge in [0.15, 0.2) is 0 Å². The molecule has 0 spiro atoms. The second-order valence-electron chi connectivity index (χ2n) is 4.41. The summed E-state index contributed by atoms with van der Waals surface area (Å²) in [5.74, 6) is -1.32. The van der Waals surface area contributed by atoms with Gasteiger partial charge in [-0.25, -0.2) is 13.8 Å². The van der Waals surface area contributed by atoms with Crippen LogP contribution in [0.1, 0.15) is 5.56 Å². The van der Waals surface area contributed by atoms with E-state index in [9.17, 15) is 8.78 Å². The molecule has 0 aliphatic carbocycles. The molecule has 3 nitrogen and oxygen atoms in total. The Kier molecular flexibility index (Phi) is 4.20. The molecule has 0 radical (unpaired) electrons. The normalized spacial score (nSPS) is 11.0. The van der Waals surface area contributed by atoms with Gasteiger partial charge >= 0.3 is 0 Å². The molecule has 22 heavy (non-hydrogen) atoms. The van der Waals surface area contributed by atoms with Crippen molar-refractivity contribution in [3.8, 4) is 11.3 Å². The number of anilines is 1. The third kappa shape index (κ3) is 3.17. The summed E-state index contributed by atoms with van der Waals surface area (Å²) in [7, 11) is 0. The summed E-state index contributed by atoms with van der Waals surface area (Å²) in [5, 5.41) is 6.27. The monoisotopic (exact) mass is 315 g/mol. The van der Waals surface area contributed by atoms with Crippen molar-refractivity contribution in [1.82, 2.24) is 4.98 Å². The molecule has 0 aliphatic rings. The number of hydrogen-bond acceptors (Lipinski definition) is 4. The lowest BCUT2D eigenvalue weighted by molar-refractivity contribution is 0.580. The molecule has 0 amide bonds. The van der Waals surface area contributed by atoms with E-state index >= 15 is 0 Å². The van der Waals surface area contributed by atoms with Crippen molar-refractivity contribution in [3.05, 3.63) is 71.1 Å². The number of hydrogen-bond donors (Lipinski definition) is 1. The first-order valence-corrected chi connectivity index (χ1v) is 7.36. The van der Waals surface area contributed by atoms with Gasteiger partial charge in [-0.2, -0.15) is 5.10 Å². The molecule has 1 aromatic heterocycles. The highest BCUT2D eigenvalue weighted by atomic mass is 32.1. The minimum absolute atomic E-state index is 0.185. The van der Waals surface area contributed by atoms with Crippen LogP contribution in [0.2, 0.25) is 0 Å². The van der Waals surface area contributed by atoms with Crippen molar-refractivity contribution in [2.45, 2.75) is 0 Å². The largest absolute Gasteiger partial charge is 0.253 e. The van der Waals surface area contributed by atoms with Crippen molar-refractivity contribution in [2.75, 3.05) is 5.43 Å². The van der Waals surface area contributed by atoms with Crippen LogP contribution in [0.3, 0.4) is 0 Å². The zero-order valence-corrected chi connectivity index (χ0v) is 12.1. The van der Waals surface area contributed by atoms with Crippen LogP contribution in [-0.2, 0) is 0 Å². The highest BCUT2D eigenvalue weighted by Gasteiger charge is 2.06. The van der Waals surface area contributed by atoms with E-state index in [-0.39, 0.29) is 5.56 Å². The van der Waals surface area contributed by atoms with Crippen molar-refractivity contribution < 1.29 is 8.78 Å². The highest BCUT2D eigenvalue weighted by molar-refractivity contribution is 7.14. The summed E-state index contributed by atoms with van der Waals surface area (Å²) in [5.41, 5.74) is 4.31. The van der Waals surface area contributed by atoms with Gasteiger partial charge < -0.3 is 0 Å². The van der Waals surface area contributed by atoms with E-state index in [2.05, 4.69) is 15.5 Å². The molecule has 1 N–H and O–H groups in total. The Bertz CT molecular complexity index is 780. The summed E-state index contributed by atoms with van der Waals surface area (Å²) in [6.07, 6.45) is 1.11. The van der Waals surface area contributed by atoms with E-state index in [1.54, 1.807) is 0 Å². The maximum atomic E-state index is 13.4. The standard InChI is InChI=1S/C16H11F2N3S/c17-13-7-4-8-14(18)12(13)9-19-21-16-20-15(10-22-16)11-5-2-1-3-6-11/h1-10H,(H,20,21). The number of thiazole rings is 1. The number of nitrogens with one attached hydrogen (secondary N) is 1. The summed E-state index contributed by atoms with van der Waals surface area (Å²) < 4.78 is 26.9. The fourth-order valence-electron chi connectivity index (χ4n) is 1.85. The zero-order chi connectivity index (χ0) is 15.4. The third-order valence-corrected chi connectivity index (χ3v) is 3.67. The van der Waals surface area contributed by atoms with Crippen molar-refractivity contribution in [3.63, 3.8) is 0 Å². The zero-order valence-electron chi connectivity index (χ0n) is 11.3. The van der Waals surface area contributed by atoms with E-state index in [1.807, 2.05) is 35.7 Å². The molecule has 2 aromatic carbocycles. The van der Waals surface area contributed by atoms with Gasteiger partial charge in [0.2, 0.25) is 5.13 Å². The van der Waals surface area contributed by atoms with Gasteiger partial charge in [-0.1, -0.05) is 36.4 Å². The van der Waals surface area contributed by atoms with Gasteiger partial charge in [-0.15, -0.1) is 11.3 Å². The maximum Gasteiger partial charge on any atom is 0.203 e. The lowest BCUT2D eigenvalue weighted by Gasteiger charge is -1.98. The Morgan fingerprint density at radius 3 is 2.45 bits per heavy atom. The predicted molar refractivity (Wildman–Crippen MR) is 85.1 cm³/mol. The van der Waals surface area contributed by atoms with Crippen LogP contribution in [0.25, 0.3) is 11.3 Å². The molecule has 0 fully saturated rings. The minimum Gasteiger partial charge on any atom is -0.253 e. The Morgan fingerprint density at radius 2 is 1.73 bits per heavy atom. The molecule has 0 atom stereocenters. The lowest BCUT2D eigenvalue weighted by Crippen LogP contribution is -1.96. The summed E-state index contributed by atoms with van der Waals surface area (Å²) in [6.45, 7) is 0. The first-order valence-electron chi connectivity index (χ1n) is 6.48. The Hall–Kier alpha value is -2.60. The number of rotatable bonds is 4. The van der Waals surface area contributed by atoms with E-state index in [4.69, 9.17) is 0 Å². The third-order valence-electron chi connectivity index (χ3n) is 2.93. The molecule has 6 heteroatoms. The second-order valence-corrected chi connectivity index (χ2v) is 5.27. The fourth-order valence-corrected chi connectivity index (χ4v) is 2.52. The smallest absolute Gasteiger partial charge is 0.203 e. The predicted octanol–water partition coefficient (Wildman–Crippen LogP) is 4.53. The minimum atomic E-state index is -0.658. The Labute approximate surface area is 130 Å². The van der Waals surface area contributed by atoms with Crippen LogP contribution in [0, 0.1) is 11.6 Å². The molecule has 1 heterocycles. The molecule has 110 valence electrons. The van der Waals surface area contributed by atoms with Crippen molar-refractivity contribution in [2.24, 2.45) is 5.10 Å². The molecule has 0 aliphatic heterocycles. The van der Waals surface area contributed by atoms with Gasteiger partial charge in [0, 0.05) is 10.9 Å². The topological polar surface area (TPSA) is 37.3 Å². The van der Waals surface area contributed by atoms with Crippen LogP contribution >= 0.6 is 11.3 Å². The average Bonchev–Trinajstić information content (AvgIpc) is 3.00. The number of aromatic nitrogens is 1. The average molecular weight is 315 g/mol. The van der Waals surface area contributed by atoms with Gasteiger partial charge in [0.1, 0.15) is 11.6 Å². The summed E-state index contributed by atoms with van der Waals surface area (Å²) in [6, 6.07) is 13.4. The molecule has 0 saturated carbocycles. The molecule has 0 unspecified atom stereocenters. The van der Waals surface area contributed by atoms with Crippen molar-refractivity contribution >= 4 is 22.7 Å². The lowest BCUT2D eigenvalue weighted by atomic mass is 10.2. The second kappa shape index (κ2) is 6.44. The number of hydrazone groups is 1. The van der Waals surface area contributed by atoms with Crippen LogP contribution in [-0.4, -0.2) is 11.2 Å². The van der Waals surface area contributed by atoms with Crippen LogP contribution in [0.4, 0.5) is 13.9 Å². The van der Waals surface area contributed by atoms with Gasteiger partial charge in [0.05, 0.1) is 17.5 Å². The van der Waals surface area contributed by atoms with Crippen molar-refractivity contribution in [1.29, 1.82) is 0 Å². The highest BCUT2D eigenvalue weighted by Crippen LogP contribution is 2.24. The molecule has 0 bridgehead atoms. The number of benzene rings is 2. The van der Waals surface area contributed by atoms with Gasteiger partial charge in [-0.3, -0.25) is 5.43 Å². The Morgan fingerprint density at radius 1 is 1.00 bits per heavy atom. The molecule has 0 saturated heterocycles. The summed E-state index contributed by atoms with van der Waals surface area (Å²) in [4.78, 5) is 4.36. The van der Waals surface area contributed by atoms with Crippen LogP contribution < -0.4 is 5.43 Å². The summed E-state index contributed by atoms with van der Waals surface area (Å²) >= 11 is 1.36. The molecular formula is C16H11F2N3S. The van der Waals surface area contributed by atoms with E-state index in [0.717, 1.165) is 17.5 Å². The first kappa shape index (κ1) is 14.3. The first-order chi connectivity index (χ1) is 10.7. The SMILES string of the molecule is Fc1cccc(F)c1C=NNc1nc(-c2ccccc2)cs1. The number of halogens is 2.